The average Bonchev–Trinajstić information content (AvgIpc) is 3.32. The Hall–Kier alpha value is -7.76. The van der Waals surface area contributed by atoms with Gasteiger partial charge in [-0.05, 0) is 93.5 Å². The fourth-order valence-electron chi connectivity index (χ4n) is 6.25. The SMILES string of the molecule is C[Si](C)(C)C#CC#CC#Cc1cc(OCc2cc(OCc3ccccc3)cc(OCc3ccccc3)c2)cc(OCc2cc(OCc3ccccc3)cc(OCc3ccccc3)c2)c1. The van der Waals surface area contributed by atoms with E-state index >= 15 is 0 Å². The summed E-state index contributed by atoms with van der Waals surface area (Å²) in [6.45, 7) is 8.67. The van der Waals surface area contributed by atoms with Crippen molar-refractivity contribution in [3.63, 3.8) is 0 Å². The van der Waals surface area contributed by atoms with Gasteiger partial charge < -0.3 is 28.4 Å². The van der Waals surface area contributed by atoms with Crippen LogP contribution in [0, 0.1) is 35.1 Å². The van der Waals surface area contributed by atoms with E-state index in [0.29, 0.717) is 66.5 Å². The van der Waals surface area contributed by atoms with Gasteiger partial charge in [-0.1, -0.05) is 147 Å². The summed E-state index contributed by atoms with van der Waals surface area (Å²) in [4.78, 5) is 0. The number of hydrogen-bond donors (Lipinski definition) is 0. The number of hydrogen-bond acceptors (Lipinski definition) is 6. The summed E-state index contributed by atoms with van der Waals surface area (Å²) in [7, 11) is -1.54. The smallest absolute Gasteiger partial charge is 0.130 e. The fraction of sp³-hybridized carbons (Fsp3) is 0.158. The molecule has 0 saturated heterocycles. The molecule has 0 radical (unpaired) electrons. The largest absolute Gasteiger partial charge is 0.489 e. The number of rotatable bonds is 18. The summed E-state index contributed by atoms with van der Waals surface area (Å²) in [6.07, 6.45) is 0. The molecule has 7 rings (SSSR count). The highest BCUT2D eigenvalue weighted by atomic mass is 28.3. The van der Waals surface area contributed by atoms with Crippen molar-refractivity contribution < 1.29 is 28.4 Å². The summed E-state index contributed by atoms with van der Waals surface area (Å²) in [5, 5.41) is 0. The first-order valence-corrected chi connectivity index (χ1v) is 24.7. The molecule has 0 amide bonds. The highest BCUT2D eigenvalue weighted by Gasteiger charge is 2.11. The summed E-state index contributed by atoms with van der Waals surface area (Å²) in [5.74, 6) is 18.7. The molecule has 7 heteroatoms. The van der Waals surface area contributed by atoms with Gasteiger partial charge in [0, 0.05) is 23.8 Å². The van der Waals surface area contributed by atoms with Crippen LogP contribution in [-0.2, 0) is 39.6 Å². The van der Waals surface area contributed by atoms with Crippen molar-refractivity contribution in [2.24, 2.45) is 0 Å². The van der Waals surface area contributed by atoms with Gasteiger partial charge in [0.05, 0.1) is 0 Å². The van der Waals surface area contributed by atoms with E-state index in [9.17, 15) is 0 Å². The predicted octanol–water partition coefficient (Wildman–Crippen LogP) is 12.4. The number of benzene rings is 7. The highest BCUT2D eigenvalue weighted by molar-refractivity contribution is 6.83. The first kappa shape index (κ1) is 44.3. The molecule has 0 atom stereocenters. The molecule has 0 spiro atoms. The lowest BCUT2D eigenvalue weighted by Crippen LogP contribution is -2.16. The van der Waals surface area contributed by atoms with Gasteiger partial charge in [0.1, 0.15) is 82.2 Å². The molecule has 0 fully saturated rings. The van der Waals surface area contributed by atoms with Gasteiger partial charge in [-0.3, -0.25) is 0 Å². The minimum Gasteiger partial charge on any atom is -0.489 e. The van der Waals surface area contributed by atoms with Crippen molar-refractivity contribution in [1.82, 2.24) is 0 Å². The first-order valence-electron chi connectivity index (χ1n) is 21.2. The Morgan fingerprint density at radius 1 is 0.312 bits per heavy atom. The zero-order chi connectivity index (χ0) is 44.2. The van der Waals surface area contributed by atoms with Crippen LogP contribution in [0.3, 0.4) is 0 Å². The van der Waals surface area contributed by atoms with Gasteiger partial charge >= 0.3 is 0 Å². The van der Waals surface area contributed by atoms with Crippen LogP contribution in [0.1, 0.15) is 38.9 Å². The topological polar surface area (TPSA) is 55.4 Å². The lowest BCUT2D eigenvalue weighted by molar-refractivity contribution is 0.276. The zero-order valence-electron chi connectivity index (χ0n) is 36.4. The molecular weight excluding hydrogens is 809 g/mol. The average molecular weight is 859 g/mol. The molecule has 64 heavy (non-hydrogen) atoms. The molecule has 0 aliphatic rings. The van der Waals surface area contributed by atoms with E-state index in [1.807, 2.05) is 176 Å². The first-order chi connectivity index (χ1) is 31.3. The van der Waals surface area contributed by atoms with Gasteiger partial charge in [0.25, 0.3) is 0 Å². The van der Waals surface area contributed by atoms with Gasteiger partial charge in [-0.25, -0.2) is 0 Å². The molecule has 0 heterocycles. The minimum absolute atomic E-state index is 0.232. The Kier molecular flexibility index (Phi) is 15.8. The number of ether oxygens (including phenoxy) is 6. The van der Waals surface area contributed by atoms with Crippen molar-refractivity contribution in [2.45, 2.75) is 59.3 Å². The second kappa shape index (κ2) is 22.9. The normalized spacial score (nSPS) is 10.4. The van der Waals surface area contributed by atoms with Gasteiger partial charge in [0.2, 0.25) is 0 Å². The second-order valence-electron chi connectivity index (χ2n) is 16.0. The van der Waals surface area contributed by atoms with E-state index in [4.69, 9.17) is 28.4 Å². The van der Waals surface area contributed by atoms with Crippen molar-refractivity contribution in [2.75, 3.05) is 0 Å². The van der Waals surface area contributed by atoms with E-state index in [2.05, 4.69) is 54.8 Å². The van der Waals surface area contributed by atoms with Crippen LogP contribution in [0.25, 0.3) is 0 Å². The molecule has 0 aliphatic carbocycles. The predicted molar refractivity (Wildman–Crippen MR) is 257 cm³/mol. The third-order valence-electron chi connectivity index (χ3n) is 9.40. The maximum atomic E-state index is 6.48. The summed E-state index contributed by atoms with van der Waals surface area (Å²) in [5.41, 5.74) is 9.94. The standard InChI is InChI=1S/C57H50O6Si/c1-64(2,3)29-19-5-4-10-28-49-30-52(62-43-50-32-54(58-39-45-20-11-6-12-21-45)37-55(33-50)59-40-46-22-13-7-14-23-46)36-53(31-49)63-44-51-34-56(60-41-47-24-15-8-16-25-47)38-57(35-51)61-42-48-26-17-9-18-27-48/h6-9,11-18,20-27,30-38H,39-44H2,1-3H3. The van der Waals surface area contributed by atoms with Crippen LogP contribution in [0.4, 0.5) is 0 Å². The molecule has 0 unspecified atom stereocenters. The third-order valence-corrected chi connectivity index (χ3v) is 10.3. The zero-order valence-corrected chi connectivity index (χ0v) is 37.4. The van der Waals surface area contributed by atoms with Crippen molar-refractivity contribution in [3.05, 3.63) is 215 Å². The lowest BCUT2D eigenvalue weighted by atomic mass is 10.1. The molecule has 7 aromatic carbocycles. The Bertz CT molecular complexity index is 2490. The van der Waals surface area contributed by atoms with Crippen LogP contribution >= 0.6 is 0 Å². The molecule has 318 valence electrons. The van der Waals surface area contributed by atoms with E-state index < -0.39 is 8.07 Å². The van der Waals surface area contributed by atoms with Gasteiger partial charge in [0.15, 0.2) is 0 Å². The Labute approximate surface area is 378 Å². The maximum absolute atomic E-state index is 6.48. The van der Waals surface area contributed by atoms with Gasteiger partial charge in [-0.15, -0.1) is 5.54 Å². The van der Waals surface area contributed by atoms with Crippen molar-refractivity contribution >= 4 is 8.07 Å². The van der Waals surface area contributed by atoms with E-state index in [1.165, 1.54) is 0 Å². The molecule has 7 aromatic rings. The van der Waals surface area contributed by atoms with Crippen molar-refractivity contribution in [1.29, 1.82) is 0 Å². The summed E-state index contributed by atoms with van der Waals surface area (Å²) >= 11 is 0. The Morgan fingerprint density at radius 2 is 0.594 bits per heavy atom. The highest BCUT2D eigenvalue weighted by Crippen LogP contribution is 2.30. The fourth-order valence-corrected chi connectivity index (χ4v) is 6.69. The van der Waals surface area contributed by atoms with Crippen LogP contribution in [0.2, 0.25) is 19.6 Å². The molecular formula is C57H50O6Si. The Balaban J connectivity index is 1.12. The van der Waals surface area contributed by atoms with E-state index in [-0.39, 0.29) is 13.2 Å². The molecule has 0 aromatic heterocycles. The van der Waals surface area contributed by atoms with Crippen LogP contribution in [0.5, 0.6) is 34.5 Å². The monoisotopic (exact) mass is 858 g/mol. The van der Waals surface area contributed by atoms with Crippen LogP contribution in [0.15, 0.2) is 176 Å². The van der Waals surface area contributed by atoms with E-state index in [1.54, 1.807) is 0 Å². The van der Waals surface area contributed by atoms with Crippen LogP contribution < -0.4 is 28.4 Å². The third kappa shape index (κ3) is 15.3. The molecule has 0 aliphatic heterocycles. The molecule has 0 N–H and O–H groups in total. The molecule has 0 bridgehead atoms. The molecule has 0 saturated carbocycles. The Morgan fingerprint density at radius 3 is 0.906 bits per heavy atom. The maximum Gasteiger partial charge on any atom is 0.130 e. The summed E-state index contributed by atoms with van der Waals surface area (Å²) < 4.78 is 38.0. The van der Waals surface area contributed by atoms with E-state index in [0.717, 1.165) is 33.4 Å². The second-order valence-corrected chi connectivity index (χ2v) is 20.7. The minimum atomic E-state index is -1.54. The quantitative estimate of drug-likeness (QED) is 0.0633. The van der Waals surface area contributed by atoms with Crippen LogP contribution in [-0.4, -0.2) is 8.07 Å². The van der Waals surface area contributed by atoms with Gasteiger partial charge in [-0.2, -0.15) is 0 Å². The summed E-state index contributed by atoms with van der Waals surface area (Å²) in [6, 6.07) is 57.6. The lowest BCUT2D eigenvalue weighted by Gasteiger charge is -2.15. The molecule has 6 nitrogen and oxygen atoms in total. The van der Waals surface area contributed by atoms with Crippen molar-refractivity contribution in [3.8, 4) is 69.6 Å².